The van der Waals surface area contributed by atoms with Crippen molar-refractivity contribution in [1.82, 2.24) is 9.97 Å². The molecule has 0 amide bonds. The standard InChI is InChI=1S/C43H28N2O/c1-4-13-29(14-5-1)37-27-25-30-23-24-31-26-28-38(45-41(31)40(30)44-37)34-19-12-21-36-42(34)46-39-22-11-10-20-35(39)43(36,32-15-6-2-7-16-32)33-17-8-3-9-18-33/h1-28H. The molecule has 0 atom stereocenters. The molecule has 0 aliphatic carbocycles. The molecular formula is C43H28N2O. The molecule has 216 valence electrons. The van der Waals surface area contributed by atoms with Gasteiger partial charge in [0.05, 0.1) is 27.8 Å². The van der Waals surface area contributed by atoms with Crippen LogP contribution in [0.25, 0.3) is 44.3 Å². The van der Waals surface area contributed by atoms with Crippen molar-refractivity contribution < 1.29 is 4.74 Å². The van der Waals surface area contributed by atoms with Gasteiger partial charge in [0.25, 0.3) is 0 Å². The van der Waals surface area contributed by atoms with E-state index in [4.69, 9.17) is 14.7 Å². The van der Waals surface area contributed by atoms with E-state index in [0.29, 0.717) is 0 Å². The van der Waals surface area contributed by atoms with E-state index in [1.807, 2.05) is 24.3 Å². The van der Waals surface area contributed by atoms with Gasteiger partial charge in [0.2, 0.25) is 0 Å². The van der Waals surface area contributed by atoms with Crippen LogP contribution in [-0.4, -0.2) is 9.97 Å². The maximum absolute atomic E-state index is 6.88. The zero-order chi connectivity index (χ0) is 30.5. The molecule has 0 saturated carbocycles. The second-order valence-corrected chi connectivity index (χ2v) is 11.7. The fourth-order valence-corrected chi connectivity index (χ4v) is 7.12. The monoisotopic (exact) mass is 588 g/mol. The van der Waals surface area contributed by atoms with Crippen molar-refractivity contribution in [1.29, 1.82) is 0 Å². The van der Waals surface area contributed by atoms with Crippen molar-refractivity contribution in [3.63, 3.8) is 0 Å². The highest BCUT2D eigenvalue weighted by molar-refractivity contribution is 6.04. The maximum Gasteiger partial charge on any atom is 0.141 e. The van der Waals surface area contributed by atoms with Crippen molar-refractivity contribution in [3.05, 3.63) is 192 Å². The number of hydrogen-bond acceptors (Lipinski definition) is 3. The van der Waals surface area contributed by atoms with Gasteiger partial charge >= 0.3 is 0 Å². The molecule has 3 heterocycles. The molecule has 9 rings (SSSR count). The molecule has 0 unspecified atom stereocenters. The predicted molar refractivity (Wildman–Crippen MR) is 186 cm³/mol. The Labute approximate surface area is 267 Å². The Hall–Kier alpha value is -6.06. The fourth-order valence-electron chi connectivity index (χ4n) is 7.12. The quantitative estimate of drug-likeness (QED) is 0.192. The third kappa shape index (κ3) is 3.99. The summed E-state index contributed by atoms with van der Waals surface area (Å²) in [5.41, 5.74) is 9.56. The van der Waals surface area contributed by atoms with E-state index in [1.165, 1.54) is 11.1 Å². The summed E-state index contributed by atoms with van der Waals surface area (Å²) in [5.74, 6) is 1.66. The van der Waals surface area contributed by atoms with Gasteiger partial charge in [0.1, 0.15) is 11.5 Å². The van der Waals surface area contributed by atoms with Gasteiger partial charge in [-0.1, -0.05) is 146 Å². The first kappa shape index (κ1) is 26.4. The van der Waals surface area contributed by atoms with Crippen molar-refractivity contribution in [2.75, 3.05) is 0 Å². The minimum Gasteiger partial charge on any atom is -0.456 e. The second-order valence-electron chi connectivity index (χ2n) is 11.7. The largest absolute Gasteiger partial charge is 0.456 e. The predicted octanol–water partition coefficient (Wildman–Crippen LogP) is 10.6. The highest BCUT2D eigenvalue weighted by atomic mass is 16.5. The van der Waals surface area contributed by atoms with Crippen LogP contribution in [0.1, 0.15) is 22.3 Å². The number of aromatic nitrogens is 2. The Balaban J connectivity index is 1.31. The van der Waals surface area contributed by atoms with Crippen LogP contribution in [0.2, 0.25) is 0 Å². The average Bonchev–Trinajstić information content (AvgIpc) is 3.14. The van der Waals surface area contributed by atoms with E-state index in [0.717, 1.165) is 66.9 Å². The number of rotatable bonds is 4. The molecule has 46 heavy (non-hydrogen) atoms. The lowest BCUT2D eigenvalue weighted by atomic mass is 9.63. The van der Waals surface area contributed by atoms with E-state index in [-0.39, 0.29) is 0 Å². The minimum absolute atomic E-state index is 0.585. The van der Waals surface area contributed by atoms with Crippen LogP contribution in [0.5, 0.6) is 11.5 Å². The van der Waals surface area contributed by atoms with Crippen LogP contribution in [0, 0.1) is 0 Å². The summed E-state index contributed by atoms with van der Waals surface area (Å²) in [6.07, 6.45) is 0. The average molecular weight is 589 g/mol. The summed E-state index contributed by atoms with van der Waals surface area (Å²) in [4.78, 5) is 10.5. The topological polar surface area (TPSA) is 35.0 Å². The van der Waals surface area contributed by atoms with Crippen LogP contribution in [0.3, 0.4) is 0 Å². The fraction of sp³-hybridized carbons (Fsp3) is 0.0233. The molecule has 1 aliphatic heterocycles. The third-order valence-corrected chi connectivity index (χ3v) is 9.20. The Bertz CT molecular complexity index is 2350. The number of pyridine rings is 2. The number of ether oxygens (including phenoxy) is 1. The summed E-state index contributed by atoms with van der Waals surface area (Å²) < 4.78 is 6.88. The zero-order valence-corrected chi connectivity index (χ0v) is 25.0. The van der Waals surface area contributed by atoms with E-state index >= 15 is 0 Å². The minimum atomic E-state index is -0.585. The summed E-state index contributed by atoms with van der Waals surface area (Å²) in [6, 6.07) is 59.4. The highest BCUT2D eigenvalue weighted by Gasteiger charge is 2.45. The van der Waals surface area contributed by atoms with Crippen LogP contribution in [-0.2, 0) is 5.41 Å². The molecule has 0 fully saturated rings. The lowest BCUT2D eigenvalue weighted by molar-refractivity contribution is 0.436. The number of fused-ring (bicyclic) bond motifs is 5. The van der Waals surface area contributed by atoms with Crippen molar-refractivity contribution in [2.45, 2.75) is 5.41 Å². The molecule has 2 aromatic heterocycles. The molecule has 3 nitrogen and oxygen atoms in total. The normalized spacial score (nSPS) is 13.1. The van der Waals surface area contributed by atoms with Crippen molar-refractivity contribution in [2.24, 2.45) is 0 Å². The van der Waals surface area contributed by atoms with E-state index < -0.39 is 5.41 Å². The van der Waals surface area contributed by atoms with Crippen LogP contribution >= 0.6 is 0 Å². The molecule has 0 saturated heterocycles. The molecule has 0 bridgehead atoms. The Morgan fingerprint density at radius 3 is 1.61 bits per heavy atom. The maximum atomic E-state index is 6.88. The van der Waals surface area contributed by atoms with E-state index in [9.17, 15) is 0 Å². The van der Waals surface area contributed by atoms with Gasteiger partial charge < -0.3 is 4.74 Å². The molecule has 8 aromatic rings. The summed E-state index contributed by atoms with van der Waals surface area (Å²) in [5, 5.41) is 2.11. The molecule has 0 N–H and O–H groups in total. The van der Waals surface area contributed by atoms with Crippen molar-refractivity contribution in [3.8, 4) is 34.0 Å². The SMILES string of the molecule is c1ccc(-c2ccc3ccc4ccc(-c5cccc6c5Oc5ccccc5C6(c5ccccc5)c5ccccc5)nc4c3n2)cc1. The first-order valence-electron chi connectivity index (χ1n) is 15.6. The summed E-state index contributed by atoms with van der Waals surface area (Å²) in [6.45, 7) is 0. The second kappa shape index (κ2) is 10.5. The molecule has 0 spiro atoms. The lowest BCUT2D eigenvalue weighted by Gasteiger charge is -2.42. The van der Waals surface area contributed by atoms with Gasteiger partial charge in [-0.15, -0.1) is 0 Å². The van der Waals surface area contributed by atoms with Gasteiger partial charge in [0, 0.05) is 33.0 Å². The van der Waals surface area contributed by atoms with Crippen LogP contribution in [0.15, 0.2) is 170 Å². The first-order chi connectivity index (χ1) is 22.8. The zero-order valence-electron chi connectivity index (χ0n) is 25.0. The number of nitrogens with zero attached hydrogens (tertiary/aromatic N) is 2. The number of para-hydroxylation sites is 2. The van der Waals surface area contributed by atoms with E-state index in [2.05, 4.69) is 146 Å². The van der Waals surface area contributed by atoms with Crippen molar-refractivity contribution >= 4 is 21.8 Å². The van der Waals surface area contributed by atoms with Gasteiger partial charge in [-0.2, -0.15) is 0 Å². The molecule has 3 heteroatoms. The van der Waals surface area contributed by atoms with Crippen LogP contribution in [0.4, 0.5) is 0 Å². The Kier molecular flexibility index (Phi) is 6.04. The van der Waals surface area contributed by atoms with Crippen LogP contribution < -0.4 is 4.74 Å². The third-order valence-electron chi connectivity index (χ3n) is 9.20. The smallest absolute Gasteiger partial charge is 0.141 e. The first-order valence-corrected chi connectivity index (χ1v) is 15.6. The van der Waals surface area contributed by atoms with Gasteiger partial charge in [-0.25, -0.2) is 9.97 Å². The van der Waals surface area contributed by atoms with Gasteiger partial charge in [-0.3, -0.25) is 0 Å². The summed E-state index contributed by atoms with van der Waals surface area (Å²) >= 11 is 0. The Morgan fingerprint density at radius 2 is 0.935 bits per heavy atom. The summed E-state index contributed by atoms with van der Waals surface area (Å²) in [7, 11) is 0. The van der Waals surface area contributed by atoms with E-state index in [1.54, 1.807) is 0 Å². The van der Waals surface area contributed by atoms with Gasteiger partial charge in [0.15, 0.2) is 0 Å². The number of benzene rings is 6. The van der Waals surface area contributed by atoms with Gasteiger partial charge in [-0.05, 0) is 35.4 Å². The lowest BCUT2D eigenvalue weighted by Crippen LogP contribution is -2.34. The molecular weight excluding hydrogens is 560 g/mol. The Morgan fingerprint density at radius 1 is 0.413 bits per heavy atom. The highest BCUT2D eigenvalue weighted by Crippen LogP contribution is 2.57. The number of hydrogen-bond donors (Lipinski definition) is 0. The molecule has 1 aliphatic rings. The molecule has 6 aromatic carbocycles. The molecule has 0 radical (unpaired) electrons.